The molecule has 15 heavy (non-hydrogen) atoms. The molecule has 0 unspecified atom stereocenters. The van der Waals surface area contributed by atoms with E-state index < -0.39 is 5.97 Å². The van der Waals surface area contributed by atoms with Crippen LogP contribution in [0.1, 0.15) is 42.8 Å². The summed E-state index contributed by atoms with van der Waals surface area (Å²) in [6, 6.07) is 0. The molecule has 4 heteroatoms. The van der Waals surface area contributed by atoms with E-state index in [1.165, 1.54) is 12.8 Å². The molecule has 1 aliphatic rings. The van der Waals surface area contributed by atoms with Crippen LogP contribution in [0.25, 0.3) is 0 Å². The first kappa shape index (κ1) is 10.1. The molecule has 1 aliphatic carbocycles. The van der Waals surface area contributed by atoms with Crippen LogP contribution in [0, 0.1) is 0 Å². The average molecular weight is 206 g/mol. The second kappa shape index (κ2) is 3.96. The van der Waals surface area contributed by atoms with E-state index in [4.69, 9.17) is 5.11 Å². The van der Waals surface area contributed by atoms with Gasteiger partial charge < -0.3 is 5.11 Å². The molecular weight excluding hydrogens is 192 g/mol. The number of carbonyl (C=O) groups is 1. The van der Waals surface area contributed by atoms with Crippen molar-refractivity contribution in [3.8, 4) is 0 Å². The number of hydrogen-bond acceptors (Lipinski definition) is 3. The van der Waals surface area contributed by atoms with Gasteiger partial charge >= 0.3 is 5.97 Å². The molecule has 1 aromatic rings. The lowest BCUT2D eigenvalue weighted by Crippen LogP contribution is -2.07. The fourth-order valence-electron chi connectivity index (χ4n) is 1.61. The Morgan fingerprint density at radius 2 is 2.33 bits per heavy atom. The molecule has 0 radical (unpaired) electrons. The Kier molecular flexibility index (Phi) is 2.66. The quantitative estimate of drug-likeness (QED) is 0.811. The molecule has 1 aromatic heterocycles. The highest BCUT2D eigenvalue weighted by molar-refractivity contribution is 5.70. The van der Waals surface area contributed by atoms with E-state index in [2.05, 4.69) is 9.97 Å². The molecule has 0 saturated heterocycles. The van der Waals surface area contributed by atoms with Crippen LogP contribution >= 0.6 is 0 Å². The largest absolute Gasteiger partial charge is 0.481 e. The van der Waals surface area contributed by atoms with Crippen LogP contribution in [-0.2, 0) is 17.6 Å². The number of hydrogen-bond donors (Lipinski definition) is 1. The summed E-state index contributed by atoms with van der Waals surface area (Å²) in [4.78, 5) is 19.3. The van der Waals surface area contributed by atoms with Gasteiger partial charge in [0.05, 0.1) is 6.42 Å². The number of aromatic nitrogens is 2. The normalized spacial score (nSPS) is 15.3. The van der Waals surface area contributed by atoms with Crippen LogP contribution in [0.4, 0.5) is 0 Å². The van der Waals surface area contributed by atoms with E-state index in [1.54, 1.807) is 6.20 Å². The van der Waals surface area contributed by atoms with E-state index in [0.717, 1.165) is 23.5 Å². The van der Waals surface area contributed by atoms with E-state index in [1.807, 2.05) is 6.92 Å². The Hall–Kier alpha value is -1.45. The smallest absolute Gasteiger partial charge is 0.307 e. The van der Waals surface area contributed by atoms with Crippen molar-refractivity contribution < 1.29 is 9.90 Å². The third kappa shape index (κ3) is 2.32. The monoisotopic (exact) mass is 206 g/mol. The molecule has 0 bridgehead atoms. The lowest BCUT2D eigenvalue weighted by Gasteiger charge is -2.06. The van der Waals surface area contributed by atoms with Crippen LogP contribution in [0.5, 0.6) is 0 Å². The molecule has 0 aliphatic heterocycles. The van der Waals surface area contributed by atoms with Gasteiger partial charge in [0.25, 0.3) is 0 Å². The van der Waals surface area contributed by atoms with Gasteiger partial charge in [-0.3, -0.25) is 4.79 Å². The predicted octanol–water partition coefficient (Wildman–Crippen LogP) is 1.54. The lowest BCUT2D eigenvalue weighted by atomic mass is 10.1. The van der Waals surface area contributed by atoms with Gasteiger partial charge in [-0.05, 0) is 19.3 Å². The predicted molar refractivity (Wildman–Crippen MR) is 54.7 cm³/mol. The summed E-state index contributed by atoms with van der Waals surface area (Å²) in [5.41, 5.74) is 1.63. The van der Waals surface area contributed by atoms with Crippen LogP contribution in [0.15, 0.2) is 6.20 Å². The Labute approximate surface area is 88.4 Å². The van der Waals surface area contributed by atoms with Crippen molar-refractivity contribution in [2.24, 2.45) is 0 Å². The summed E-state index contributed by atoms with van der Waals surface area (Å²) in [5, 5.41) is 8.72. The minimum absolute atomic E-state index is 0.0219. The van der Waals surface area contributed by atoms with Gasteiger partial charge in [0.1, 0.15) is 5.82 Å². The number of aryl methyl sites for hydroxylation is 1. The van der Waals surface area contributed by atoms with Crippen molar-refractivity contribution in [3.05, 3.63) is 23.3 Å². The maximum Gasteiger partial charge on any atom is 0.307 e. The number of rotatable bonds is 4. The molecule has 0 atom stereocenters. The Morgan fingerprint density at radius 3 is 2.87 bits per heavy atom. The number of carboxylic acids is 1. The first-order chi connectivity index (χ1) is 7.20. The van der Waals surface area contributed by atoms with Gasteiger partial charge in [-0.15, -0.1) is 0 Å². The van der Waals surface area contributed by atoms with Crippen molar-refractivity contribution >= 4 is 5.97 Å². The van der Waals surface area contributed by atoms with Gasteiger partial charge in [0.15, 0.2) is 0 Å². The summed E-state index contributed by atoms with van der Waals surface area (Å²) >= 11 is 0. The van der Waals surface area contributed by atoms with E-state index in [9.17, 15) is 4.79 Å². The third-order valence-electron chi connectivity index (χ3n) is 2.59. The first-order valence-electron chi connectivity index (χ1n) is 5.27. The van der Waals surface area contributed by atoms with Gasteiger partial charge in [-0.25, -0.2) is 9.97 Å². The Morgan fingerprint density at radius 1 is 1.60 bits per heavy atom. The molecule has 1 saturated carbocycles. The molecule has 80 valence electrons. The zero-order valence-electron chi connectivity index (χ0n) is 8.73. The molecule has 1 fully saturated rings. The van der Waals surface area contributed by atoms with Crippen LogP contribution in [0.2, 0.25) is 0 Å². The summed E-state index contributed by atoms with van der Waals surface area (Å²) in [6.07, 6.45) is 4.80. The van der Waals surface area contributed by atoms with Gasteiger partial charge in [-0.1, -0.05) is 6.92 Å². The molecule has 0 spiro atoms. The maximum atomic E-state index is 10.6. The topological polar surface area (TPSA) is 63.1 Å². The second-order valence-corrected chi connectivity index (χ2v) is 3.90. The average Bonchev–Trinajstić information content (AvgIpc) is 3.01. The number of aliphatic carboxylic acids is 1. The lowest BCUT2D eigenvalue weighted by molar-refractivity contribution is -0.136. The summed E-state index contributed by atoms with van der Waals surface area (Å²) < 4.78 is 0. The number of nitrogens with zero attached hydrogens (tertiary/aromatic N) is 2. The molecular formula is C11H14N2O2. The zero-order valence-corrected chi connectivity index (χ0v) is 8.73. The van der Waals surface area contributed by atoms with Gasteiger partial charge in [-0.2, -0.15) is 0 Å². The first-order valence-corrected chi connectivity index (χ1v) is 5.27. The second-order valence-electron chi connectivity index (χ2n) is 3.90. The highest BCUT2D eigenvalue weighted by Crippen LogP contribution is 2.38. The summed E-state index contributed by atoms with van der Waals surface area (Å²) in [6.45, 7) is 1.99. The van der Waals surface area contributed by atoms with E-state index >= 15 is 0 Å². The van der Waals surface area contributed by atoms with Gasteiger partial charge in [0.2, 0.25) is 0 Å². The highest BCUT2D eigenvalue weighted by Gasteiger charge is 2.27. The number of carboxylic acid groups (broad SMARTS) is 1. The fraction of sp³-hybridized carbons (Fsp3) is 0.545. The SMILES string of the molecule is CCc1nc(C2CC2)ncc1CC(=O)O. The van der Waals surface area contributed by atoms with Gasteiger partial charge in [0, 0.05) is 23.4 Å². The molecule has 1 heterocycles. The molecule has 0 aromatic carbocycles. The maximum absolute atomic E-state index is 10.6. The molecule has 4 nitrogen and oxygen atoms in total. The highest BCUT2D eigenvalue weighted by atomic mass is 16.4. The molecule has 2 rings (SSSR count). The van der Waals surface area contributed by atoms with Crippen molar-refractivity contribution in [1.82, 2.24) is 9.97 Å². The van der Waals surface area contributed by atoms with Crippen LogP contribution < -0.4 is 0 Å². The Balaban J connectivity index is 2.26. The van der Waals surface area contributed by atoms with Crippen molar-refractivity contribution in [1.29, 1.82) is 0 Å². The van der Waals surface area contributed by atoms with Crippen LogP contribution in [-0.4, -0.2) is 21.0 Å². The van der Waals surface area contributed by atoms with Crippen molar-refractivity contribution in [2.45, 2.75) is 38.5 Å². The van der Waals surface area contributed by atoms with Crippen LogP contribution in [0.3, 0.4) is 0 Å². The summed E-state index contributed by atoms with van der Waals surface area (Å²) in [7, 11) is 0. The van der Waals surface area contributed by atoms with Crippen molar-refractivity contribution in [2.75, 3.05) is 0 Å². The fourth-order valence-corrected chi connectivity index (χ4v) is 1.61. The standard InChI is InChI=1S/C11H14N2O2/c1-2-9-8(5-10(14)15)6-12-11(13-9)7-3-4-7/h6-7H,2-5H2,1H3,(H,14,15). The minimum Gasteiger partial charge on any atom is -0.481 e. The summed E-state index contributed by atoms with van der Waals surface area (Å²) in [5.74, 6) is 0.586. The molecule has 1 N–H and O–H groups in total. The van der Waals surface area contributed by atoms with E-state index in [-0.39, 0.29) is 6.42 Å². The van der Waals surface area contributed by atoms with E-state index in [0.29, 0.717) is 5.92 Å². The van der Waals surface area contributed by atoms with Crippen molar-refractivity contribution in [3.63, 3.8) is 0 Å². The zero-order chi connectivity index (χ0) is 10.8. The molecule has 0 amide bonds. The Bertz CT molecular complexity index is 386. The third-order valence-corrected chi connectivity index (χ3v) is 2.59. The minimum atomic E-state index is -0.826.